The van der Waals surface area contributed by atoms with Crippen LogP contribution in [-0.2, 0) is 15.1 Å². The number of benzene rings is 2. The number of rotatable bonds is 4. The van der Waals surface area contributed by atoms with Crippen LogP contribution in [0.15, 0.2) is 60.7 Å². The van der Waals surface area contributed by atoms with Crippen LogP contribution in [0.1, 0.15) is 37.8 Å². The Labute approximate surface area is 143 Å². The molecule has 0 aliphatic heterocycles. The Morgan fingerprint density at radius 1 is 1.04 bits per heavy atom. The van der Waals surface area contributed by atoms with Crippen LogP contribution in [0.25, 0.3) is 0 Å². The van der Waals surface area contributed by atoms with Gasteiger partial charge in [0.2, 0.25) is 5.60 Å². The van der Waals surface area contributed by atoms with E-state index in [1.54, 1.807) is 57.2 Å². The molecule has 0 spiro atoms. The number of hydrogen-bond donors (Lipinski definition) is 1. The molecule has 0 saturated carbocycles. The van der Waals surface area contributed by atoms with Crippen LogP contribution in [0.2, 0.25) is 0 Å². The maximum Gasteiger partial charge on any atom is 0.345 e. The maximum atomic E-state index is 12.9. The number of carbonyl (C=O) groups excluding carboxylic acids is 1. The SMILES string of the molecule is C#C[C@@H](c1ccccc1)[C@@](O)(C(=O)OC(C)(C)C)c1ccccc1. The number of terminal acetylenes is 1. The van der Waals surface area contributed by atoms with Crippen molar-refractivity contribution in [3.63, 3.8) is 0 Å². The minimum absolute atomic E-state index is 0.408. The van der Waals surface area contributed by atoms with Crippen LogP contribution in [0.4, 0.5) is 0 Å². The number of aliphatic hydroxyl groups is 1. The lowest BCUT2D eigenvalue weighted by molar-refractivity contribution is -0.179. The van der Waals surface area contributed by atoms with Crippen molar-refractivity contribution in [3.05, 3.63) is 71.8 Å². The van der Waals surface area contributed by atoms with E-state index in [1.165, 1.54) is 0 Å². The Morgan fingerprint density at radius 2 is 1.54 bits per heavy atom. The van der Waals surface area contributed by atoms with Gasteiger partial charge in [-0.25, -0.2) is 4.79 Å². The Balaban J connectivity index is 2.59. The standard InChI is InChI=1S/C21H22O3/c1-5-18(16-12-8-6-9-13-16)21(23,17-14-10-7-11-15-17)19(22)24-20(2,3)4/h1,6-15,18,23H,2-4H3/t18-,21+/m0/s1. The predicted octanol–water partition coefficient (Wildman–Crippen LogP) is 3.63. The Morgan fingerprint density at radius 3 is 2.00 bits per heavy atom. The van der Waals surface area contributed by atoms with Crippen molar-refractivity contribution >= 4 is 5.97 Å². The lowest BCUT2D eigenvalue weighted by Gasteiger charge is -2.34. The molecule has 0 bridgehead atoms. The first kappa shape index (κ1) is 17.8. The van der Waals surface area contributed by atoms with E-state index in [4.69, 9.17) is 11.2 Å². The number of ether oxygens (including phenoxy) is 1. The Hall–Kier alpha value is -2.57. The number of esters is 1. The van der Waals surface area contributed by atoms with Gasteiger partial charge in [-0.05, 0) is 31.9 Å². The molecule has 1 N–H and O–H groups in total. The molecule has 0 fully saturated rings. The molecule has 0 radical (unpaired) electrons. The molecule has 3 nitrogen and oxygen atoms in total. The van der Waals surface area contributed by atoms with E-state index in [2.05, 4.69) is 5.92 Å². The Kier molecular flexibility index (Phi) is 5.11. The van der Waals surface area contributed by atoms with E-state index in [0.29, 0.717) is 11.1 Å². The summed E-state index contributed by atoms with van der Waals surface area (Å²) < 4.78 is 5.48. The molecule has 2 aromatic rings. The largest absolute Gasteiger partial charge is 0.458 e. The van der Waals surface area contributed by atoms with Crippen LogP contribution < -0.4 is 0 Å². The second kappa shape index (κ2) is 6.90. The quantitative estimate of drug-likeness (QED) is 0.690. The van der Waals surface area contributed by atoms with Gasteiger partial charge in [0.15, 0.2) is 0 Å². The van der Waals surface area contributed by atoms with Gasteiger partial charge in [0.25, 0.3) is 0 Å². The molecule has 0 aromatic heterocycles. The molecule has 0 amide bonds. The number of carbonyl (C=O) groups is 1. The Bertz CT molecular complexity index is 723. The van der Waals surface area contributed by atoms with Crippen LogP contribution in [0, 0.1) is 12.3 Å². The van der Waals surface area contributed by atoms with Crippen molar-refractivity contribution in [2.75, 3.05) is 0 Å². The molecule has 0 saturated heterocycles. The summed E-state index contributed by atoms with van der Waals surface area (Å²) in [4.78, 5) is 12.9. The molecule has 124 valence electrons. The van der Waals surface area contributed by atoms with Crippen LogP contribution >= 0.6 is 0 Å². The fraction of sp³-hybridized carbons (Fsp3) is 0.286. The lowest BCUT2D eigenvalue weighted by atomic mass is 9.77. The van der Waals surface area contributed by atoms with Crippen LogP contribution in [0.5, 0.6) is 0 Å². The van der Waals surface area contributed by atoms with E-state index in [1.807, 2.05) is 24.3 Å². The summed E-state index contributed by atoms with van der Waals surface area (Å²) in [6.07, 6.45) is 5.71. The summed E-state index contributed by atoms with van der Waals surface area (Å²) in [6.45, 7) is 5.26. The van der Waals surface area contributed by atoms with Gasteiger partial charge in [0, 0.05) is 0 Å². The maximum absolute atomic E-state index is 12.9. The molecule has 3 heteroatoms. The molecular weight excluding hydrogens is 300 g/mol. The van der Waals surface area contributed by atoms with Gasteiger partial charge in [0.05, 0.1) is 5.92 Å². The normalized spacial score (nSPS) is 15.0. The third-order valence-corrected chi connectivity index (χ3v) is 3.64. The van der Waals surface area contributed by atoms with Gasteiger partial charge >= 0.3 is 5.97 Å². The zero-order chi connectivity index (χ0) is 17.8. The first-order valence-electron chi connectivity index (χ1n) is 7.81. The fourth-order valence-corrected chi connectivity index (χ4v) is 2.55. The van der Waals surface area contributed by atoms with Crippen molar-refractivity contribution in [3.8, 4) is 12.3 Å². The second-order valence-corrected chi connectivity index (χ2v) is 6.64. The summed E-state index contributed by atoms with van der Waals surface area (Å²) >= 11 is 0. The molecule has 0 aliphatic rings. The third-order valence-electron chi connectivity index (χ3n) is 3.64. The van der Waals surface area contributed by atoms with E-state index in [-0.39, 0.29) is 0 Å². The minimum atomic E-state index is -1.97. The molecule has 24 heavy (non-hydrogen) atoms. The molecule has 0 unspecified atom stereocenters. The van der Waals surface area contributed by atoms with E-state index in [9.17, 15) is 9.90 Å². The zero-order valence-electron chi connectivity index (χ0n) is 14.2. The molecule has 2 aromatic carbocycles. The topological polar surface area (TPSA) is 46.5 Å². The molecule has 2 atom stereocenters. The first-order chi connectivity index (χ1) is 11.3. The van der Waals surface area contributed by atoms with Gasteiger partial charge in [0.1, 0.15) is 5.60 Å². The van der Waals surface area contributed by atoms with Crippen LogP contribution in [0.3, 0.4) is 0 Å². The third kappa shape index (κ3) is 3.67. The minimum Gasteiger partial charge on any atom is -0.458 e. The van der Waals surface area contributed by atoms with Gasteiger partial charge in [-0.3, -0.25) is 0 Å². The lowest BCUT2D eigenvalue weighted by Crippen LogP contribution is -2.45. The highest BCUT2D eigenvalue weighted by Crippen LogP contribution is 2.38. The summed E-state index contributed by atoms with van der Waals surface area (Å²) in [7, 11) is 0. The molecule has 0 heterocycles. The fourth-order valence-electron chi connectivity index (χ4n) is 2.55. The summed E-state index contributed by atoms with van der Waals surface area (Å²) in [5.74, 6) is 0.952. The highest BCUT2D eigenvalue weighted by molar-refractivity contribution is 5.83. The van der Waals surface area contributed by atoms with Gasteiger partial charge in [-0.1, -0.05) is 66.6 Å². The van der Waals surface area contributed by atoms with Crippen molar-refractivity contribution in [1.82, 2.24) is 0 Å². The predicted molar refractivity (Wildman–Crippen MR) is 94.2 cm³/mol. The number of hydrogen-bond acceptors (Lipinski definition) is 3. The average molecular weight is 322 g/mol. The van der Waals surface area contributed by atoms with Crippen molar-refractivity contribution in [2.45, 2.75) is 37.9 Å². The van der Waals surface area contributed by atoms with Crippen molar-refractivity contribution in [1.29, 1.82) is 0 Å². The highest BCUT2D eigenvalue weighted by atomic mass is 16.6. The molecule has 0 aliphatic carbocycles. The molecular formula is C21H22O3. The van der Waals surface area contributed by atoms with Gasteiger partial charge in [-0.15, -0.1) is 6.42 Å². The van der Waals surface area contributed by atoms with E-state index in [0.717, 1.165) is 0 Å². The highest BCUT2D eigenvalue weighted by Gasteiger charge is 2.48. The van der Waals surface area contributed by atoms with Crippen molar-refractivity contribution < 1.29 is 14.6 Å². The summed E-state index contributed by atoms with van der Waals surface area (Å²) in [6, 6.07) is 17.8. The van der Waals surface area contributed by atoms with Gasteiger partial charge in [-0.2, -0.15) is 0 Å². The van der Waals surface area contributed by atoms with E-state index < -0.39 is 23.1 Å². The van der Waals surface area contributed by atoms with Crippen molar-refractivity contribution in [2.24, 2.45) is 0 Å². The monoisotopic (exact) mass is 322 g/mol. The average Bonchev–Trinajstić information content (AvgIpc) is 2.55. The summed E-state index contributed by atoms with van der Waals surface area (Å²) in [5.41, 5.74) is -1.62. The summed E-state index contributed by atoms with van der Waals surface area (Å²) in [5, 5.41) is 11.4. The molecule has 2 rings (SSSR count). The smallest absolute Gasteiger partial charge is 0.345 e. The van der Waals surface area contributed by atoms with E-state index >= 15 is 0 Å². The zero-order valence-corrected chi connectivity index (χ0v) is 14.2. The second-order valence-electron chi connectivity index (χ2n) is 6.64. The van der Waals surface area contributed by atoms with Crippen LogP contribution in [-0.4, -0.2) is 16.7 Å². The first-order valence-corrected chi connectivity index (χ1v) is 7.81. The van der Waals surface area contributed by atoms with Gasteiger partial charge < -0.3 is 9.84 Å².